The smallest absolute Gasteiger partial charge is 0.115 e. The van der Waals surface area contributed by atoms with E-state index in [4.69, 9.17) is 10.6 Å². The minimum Gasteiger partial charge on any atom is -0.508 e. The average Bonchev–Trinajstić information content (AvgIpc) is 1.88. The Balaban J connectivity index is 2.84. The Morgan fingerprint density at radius 2 is 2.30 bits per heavy atom. The molecule has 0 fully saturated rings. The molecule has 0 aliphatic carbocycles. The Morgan fingerprint density at radius 1 is 1.50 bits per heavy atom. The third-order valence-electron chi connectivity index (χ3n) is 1.17. The van der Waals surface area contributed by atoms with Gasteiger partial charge in [0.1, 0.15) is 5.75 Å². The quantitative estimate of drug-likeness (QED) is 0.599. The summed E-state index contributed by atoms with van der Waals surface area (Å²) >= 11 is 0. The van der Waals surface area contributed by atoms with E-state index in [9.17, 15) is 0 Å². The monoisotopic (exact) mass is 136 g/mol. The molecule has 0 spiro atoms. The molecule has 2 N–H and O–H groups in total. The number of hydrogen-bond donors (Lipinski definition) is 2. The van der Waals surface area contributed by atoms with Gasteiger partial charge in [-0.2, -0.15) is 5.11 Å². The van der Waals surface area contributed by atoms with Crippen molar-refractivity contribution in [3.63, 3.8) is 0 Å². The highest BCUT2D eigenvalue weighted by molar-refractivity contribution is 5.26. The summed E-state index contributed by atoms with van der Waals surface area (Å²) in [5.41, 5.74) is 7.41. The highest BCUT2D eigenvalue weighted by Crippen LogP contribution is 2.10. The molecule has 1 rings (SSSR count). The van der Waals surface area contributed by atoms with Crippen LogP contribution in [0.25, 0.3) is 0 Å². The zero-order valence-corrected chi connectivity index (χ0v) is 5.41. The lowest BCUT2D eigenvalue weighted by Crippen LogP contribution is -1.77. The molecule has 1 aromatic rings. The molecular formula is C7H8N2O. The van der Waals surface area contributed by atoms with E-state index in [1.54, 1.807) is 18.2 Å². The lowest BCUT2D eigenvalue weighted by atomic mass is 10.2. The van der Waals surface area contributed by atoms with Crippen LogP contribution in [0.3, 0.4) is 0 Å². The summed E-state index contributed by atoms with van der Waals surface area (Å²) in [5, 5.41) is 12.1. The van der Waals surface area contributed by atoms with Crippen molar-refractivity contribution < 1.29 is 5.11 Å². The van der Waals surface area contributed by atoms with Gasteiger partial charge in [0.2, 0.25) is 0 Å². The van der Waals surface area contributed by atoms with Crippen LogP contribution >= 0.6 is 0 Å². The normalized spacial score (nSPS) is 9.20. The van der Waals surface area contributed by atoms with E-state index in [1.807, 2.05) is 6.07 Å². The van der Waals surface area contributed by atoms with Gasteiger partial charge in [0.15, 0.2) is 0 Å². The Labute approximate surface area is 58.8 Å². The summed E-state index contributed by atoms with van der Waals surface area (Å²) in [6.07, 6.45) is 0. The van der Waals surface area contributed by atoms with Gasteiger partial charge in [-0.1, -0.05) is 12.1 Å². The minimum absolute atomic E-state index is 0.223. The van der Waals surface area contributed by atoms with Gasteiger partial charge in [0, 0.05) is 0 Å². The number of nitrogens with one attached hydrogen (secondary N) is 1. The SMILES string of the molecule is N=NCc1cccc(O)c1. The van der Waals surface area contributed by atoms with Crippen molar-refractivity contribution in [2.75, 3.05) is 0 Å². The molecule has 1 aromatic carbocycles. The molecule has 10 heavy (non-hydrogen) atoms. The molecule has 0 saturated heterocycles. The minimum atomic E-state index is 0.223. The number of rotatable bonds is 2. The number of benzene rings is 1. The maximum absolute atomic E-state index is 8.94. The van der Waals surface area contributed by atoms with Gasteiger partial charge >= 0.3 is 0 Å². The van der Waals surface area contributed by atoms with Crippen molar-refractivity contribution in [2.24, 2.45) is 5.11 Å². The molecule has 0 aromatic heterocycles. The van der Waals surface area contributed by atoms with Gasteiger partial charge in [-0.05, 0) is 17.7 Å². The predicted octanol–water partition coefficient (Wildman–Crippen LogP) is 1.92. The molecular weight excluding hydrogens is 128 g/mol. The first-order valence-corrected chi connectivity index (χ1v) is 2.94. The van der Waals surface area contributed by atoms with Gasteiger partial charge < -0.3 is 5.11 Å². The number of phenolic OH excluding ortho intramolecular Hbond substituents is 1. The Kier molecular flexibility index (Phi) is 1.99. The summed E-state index contributed by atoms with van der Waals surface area (Å²) in [4.78, 5) is 0. The fourth-order valence-electron chi connectivity index (χ4n) is 0.746. The van der Waals surface area contributed by atoms with Crippen LogP contribution in [-0.4, -0.2) is 5.11 Å². The van der Waals surface area contributed by atoms with Crippen LogP contribution < -0.4 is 0 Å². The van der Waals surface area contributed by atoms with Crippen molar-refractivity contribution in [3.8, 4) is 5.75 Å². The Hall–Kier alpha value is -1.38. The van der Waals surface area contributed by atoms with Crippen LogP contribution in [0.15, 0.2) is 29.4 Å². The second kappa shape index (κ2) is 2.96. The van der Waals surface area contributed by atoms with Gasteiger partial charge in [0.25, 0.3) is 0 Å². The standard InChI is InChI=1S/C7H8N2O/c8-9-5-6-2-1-3-7(10)4-6/h1-4,8,10H,5H2. The fourth-order valence-corrected chi connectivity index (χ4v) is 0.746. The third-order valence-corrected chi connectivity index (χ3v) is 1.17. The maximum atomic E-state index is 8.94. The van der Waals surface area contributed by atoms with E-state index >= 15 is 0 Å². The Bertz CT molecular complexity index is 235. The summed E-state index contributed by atoms with van der Waals surface area (Å²) in [5.74, 6) is 0.223. The average molecular weight is 136 g/mol. The topological polar surface area (TPSA) is 56.4 Å². The summed E-state index contributed by atoms with van der Waals surface area (Å²) < 4.78 is 0. The molecule has 3 nitrogen and oxygen atoms in total. The number of hydrogen-bond acceptors (Lipinski definition) is 3. The fraction of sp³-hybridized carbons (Fsp3) is 0.143. The molecule has 0 heterocycles. The highest BCUT2D eigenvalue weighted by Gasteiger charge is 1.90. The van der Waals surface area contributed by atoms with E-state index < -0.39 is 0 Å². The zero-order chi connectivity index (χ0) is 7.40. The second-order valence-corrected chi connectivity index (χ2v) is 1.99. The van der Waals surface area contributed by atoms with E-state index in [-0.39, 0.29) is 5.75 Å². The van der Waals surface area contributed by atoms with Crippen LogP contribution in [0.1, 0.15) is 5.56 Å². The van der Waals surface area contributed by atoms with Crippen molar-refractivity contribution in [1.82, 2.24) is 0 Å². The van der Waals surface area contributed by atoms with Crippen LogP contribution in [-0.2, 0) is 6.54 Å². The van der Waals surface area contributed by atoms with Crippen molar-refractivity contribution in [3.05, 3.63) is 29.8 Å². The van der Waals surface area contributed by atoms with Crippen molar-refractivity contribution in [1.29, 1.82) is 5.53 Å². The first-order valence-electron chi connectivity index (χ1n) is 2.94. The molecule has 52 valence electrons. The highest BCUT2D eigenvalue weighted by atomic mass is 16.3. The van der Waals surface area contributed by atoms with Gasteiger partial charge in [0.05, 0.1) is 6.54 Å². The molecule has 0 saturated carbocycles. The van der Waals surface area contributed by atoms with Gasteiger partial charge in [-0.3, -0.25) is 0 Å². The lowest BCUT2D eigenvalue weighted by Gasteiger charge is -1.94. The van der Waals surface area contributed by atoms with E-state index in [1.165, 1.54) is 0 Å². The summed E-state index contributed by atoms with van der Waals surface area (Å²) in [6.45, 7) is 0.342. The molecule has 0 aliphatic rings. The molecule has 0 aliphatic heterocycles. The molecule has 0 bridgehead atoms. The lowest BCUT2D eigenvalue weighted by molar-refractivity contribution is 0.474. The first kappa shape index (κ1) is 6.74. The molecule has 0 unspecified atom stereocenters. The van der Waals surface area contributed by atoms with E-state index in [0.29, 0.717) is 6.54 Å². The van der Waals surface area contributed by atoms with Crippen LogP contribution in [0.4, 0.5) is 0 Å². The van der Waals surface area contributed by atoms with Crippen molar-refractivity contribution >= 4 is 0 Å². The molecule has 0 amide bonds. The maximum Gasteiger partial charge on any atom is 0.115 e. The van der Waals surface area contributed by atoms with Gasteiger partial charge in [-0.25, -0.2) is 5.53 Å². The Morgan fingerprint density at radius 3 is 2.90 bits per heavy atom. The van der Waals surface area contributed by atoms with Crippen LogP contribution in [0.5, 0.6) is 5.75 Å². The zero-order valence-electron chi connectivity index (χ0n) is 5.41. The van der Waals surface area contributed by atoms with Gasteiger partial charge in [-0.15, -0.1) is 0 Å². The number of aromatic hydroxyl groups is 1. The molecule has 0 radical (unpaired) electrons. The van der Waals surface area contributed by atoms with E-state index in [0.717, 1.165) is 5.56 Å². The molecule has 3 heteroatoms. The predicted molar refractivity (Wildman–Crippen MR) is 37.0 cm³/mol. The van der Waals surface area contributed by atoms with Crippen molar-refractivity contribution in [2.45, 2.75) is 6.54 Å². The molecule has 0 atom stereocenters. The number of phenols is 1. The van der Waals surface area contributed by atoms with Crippen LogP contribution in [0, 0.1) is 5.53 Å². The van der Waals surface area contributed by atoms with Crippen LogP contribution in [0.2, 0.25) is 0 Å². The third kappa shape index (κ3) is 1.55. The summed E-state index contributed by atoms with van der Waals surface area (Å²) in [7, 11) is 0. The first-order chi connectivity index (χ1) is 4.83. The number of nitrogens with zero attached hydrogens (tertiary/aromatic N) is 1. The largest absolute Gasteiger partial charge is 0.508 e. The van der Waals surface area contributed by atoms with E-state index in [2.05, 4.69) is 5.11 Å². The second-order valence-electron chi connectivity index (χ2n) is 1.99. The summed E-state index contributed by atoms with van der Waals surface area (Å²) in [6, 6.07) is 6.74.